The molecule has 2 rings (SSSR count). The first-order chi connectivity index (χ1) is 9.92. The van der Waals surface area contributed by atoms with E-state index in [2.05, 4.69) is 0 Å². The predicted octanol–water partition coefficient (Wildman–Crippen LogP) is 0.469. The van der Waals surface area contributed by atoms with Gasteiger partial charge in [-0.2, -0.15) is 26.3 Å². The molecule has 2 aliphatic rings. The van der Waals surface area contributed by atoms with E-state index in [1.165, 1.54) is 0 Å². The Morgan fingerprint density at radius 3 is 1.61 bits per heavy atom. The van der Waals surface area contributed by atoms with Crippen LogP contribution < -0.4 is 0 Å². The van der Waals surface area contributed by atoms with Crippen LogP contribution in [0.3, 0.4) is 0 Å². The van der Waals surface area contributed by atoms with E-state index in [0.717, 1.165) is 0 Å². The Bertz CT molecular complexity index is 540. The summed E-state index contributed by atoms with van der Waals surface area (Å²) in [7, 11) is 0. The molecule has 0 saturated heterocycles. The van der Waals surface area contributed by atoms with Crippen LogP contribution in [0.1, 0.15) is 6.42 Å². The van der Waals surface area contributed by atoms with Crippen molar-refractivity contribution in [1.82, 2.24) is 0 Å². The normalized spacial score (nSPS) is 53.9. The third kappa shape index (κ3) is 1.42. The lowest BCUT2D eigenvalue weighted by atomic mass is 9.52. The van der Waals surface area contributed by atoms with Gasteiger partial charge in [0, 0.05) is 0 Å². The van der Waals surface area contributed by atoms with Gasteiger partial charge in [-0.25, -0.2) is 13.2 Å². The van der Waals surface area contributed by atoms with Crippen LogP contribution in [-0.2, 0) is 0 Å². The van der Waals surface area contributed by atoms with Gasteiger partial charge >= 0.3 is 17.8 Å². The van der Waals surface area contributed by atoms with Crippen LogP contribution in [0.2, 0.25) is 0 Å². The first-order valence-corrected chi connectivity index (χ1v) is 5.84. The maximum atomic E-state index is 13.9. The fourth-order valence-corrected chi connectivity index (χ4v) is 3.01. The molecule has 5 unspecified atom stereocenters. The van der Waals surface area contributed by atoms with Gasteiger partial charge in [0.15, 0.2) is 11.8 Å². The van der Waals surface area contributed by atoms with E-state index in [1.54, 1.807) is 0 Å². The molecular weight excluding hydrogens is 355 g/mol. The minimum atomic E-state index is -6.19. The van der Waals surface area contributed by atoms with Gasteiger partial charge in [0.05, 0.1) is 6.42 Å². The van der Waals surface area contributed by atoms with Crippen molar-refractivity contribution in [3.05, 3.63) is 0 Å². The molecule has 23 heavy (non-hydrogen) atoms. The van der Waals surface area contributed by atoms with Crippen LogP contribution in [0.15, 0.2) is 0 Å². The van der Waals surface area contributed by atoms with Crippen LogP contribution in [0.5, 0.6) is 0 Å². The zero-order chi connectivity index (χ0) is 18.5. The molecule has 2 bridgehead atoms. The molecule has 0 aliphatic heterocycles. The molecular formula is C10H9F9O4. The van der Waals surface area contributed by atoms with E-state index in [9.17, 15) is 54.8 Å². The predicted molar refractivity (Wildman–Crippen MR) is 51.2 cm³/mol. The van der Waals surface area contributed by atoms with Gasteiger partial charge in [0.2, 0.25) is 11.2 Å². The fraction of sp³-hybridized carbons (Fsp3) is 1.00. The van der Waals surface area contributed by atoms with Gasteiger partial charge < -0.3 is 20.4 Å². The van der Waals surface area contributed by atoms with E-state index in [-0.39, 0.29) is 0 Å². The Kier molecular flexibility index (Phi) is 3.27. The van der Waals surface area contributed by atoms with Crippen molar-refractivity contribution >= 4 is 0 Å². The first-order valence-electron chi connectivity index (χ1n) is 5.84. The van der Waals surface area contributed by atoms with Crippen molar-refractivity contribution < 1.29 is 59.9 Å². The lowest BCUT2D eigenvalue weighted by Gasteiger charge is -2.64. The molecule has 0 heterocycles. The number of fused-ring (bicyclic) bond motifs is 2. The van der Waals surface area contributed by atoms with E-state index < -0.39 is 59.7 Å². The lowest BCUT2D eigenvalue weighted by Crippen LogP contribution is -2.94. The summed E-state index contributed by atoms with van der Waals surface area (Å²) in [6.45, 7) is -2.98. The topological polar surface area (TPSA) is 80.9 Å². The SMILES string of the molecule is OC1(F)CC2(O)C(F)(F)C(O)(CF)C(F)C(O)(C1(F)F)C2(F)F. The Morgan fingerprint density at radius 2 is 1.22 bits per heavy atom. The van der Waals surface area contributed by atoms with Gasteiger partial charge in [0.25, 0.3) is 5.85 Å². The average Bonchev–Trinajstić information content (AvgIpc) is 2.40. The first kappa shape index (κ1) is 18.5. The monoisotopic (exact) mass is 364 g/mol. The maximum Gasteiger partial charge on any atom is 0.342 e. The Balaban J connectivity index is 2.94. The molecule has 0 aromatic rings. The van der Waals surface area contributed by atoms with Crippen molar-refractivity contribution in [3.63, 3.8) is 0 Å². The second-order valence-corrected chi connectivity index (χ2v) is 5.71. The van der Waals surface area contributed by atoms with Gasteiger partial charge in [0.1, 0.15) is 6.67 Å². The summed E-state index contributed by atoms with van der Waals surface area (Å²) in [5, 5.41) is 36.8. The molecule has 13 heteroatoms. The maximum absolute atomic E-state index is 13.9. The summed E-state index contributed by atoms with van der Waals surface area (Å²) in [4.78, 5) is 0. The minimum absolute atomic E-state index is 2.98. The molecule has 4 nitrogen and oxygen atoms in total. The van der Waals surface area contributed by atoms with Gasteiger partial charge in [-0.15, -0.1) is 0 Å². The standard InChI is InChI=1S/C10H9F9O4/c11-2-4(20)3(12)7(23)9(16,17)5(21,8(4,14)15)1-6(13,22)10(7,18)19/h3,20-23H,1-2H2. The highest BCUT2D eigenvalue weighted by molar-refractivity contribution is 5.36. The summed E-state index contributed by atoms with van der Waals surface area (Å²) >= 11 is 0. The molecule has 136 valence electrons. The van der Waals surface area contributed by atoms with Crippen LogP contribution in [0.25, 0.3) is 0 Å². The molecule has 2 saturated carbocycles. The Morgan fingerprint density at radius 1 is 0.783 bits per heavy atom. The van der Waals surface area contributed by atoms with E-state index in [0.29, 0.717) is 0 Å². The molecule has 0 radical (unpaired) electrons. The summed E-state index contributed by atoms with van der Waals surface area (Å²) in [5.74, 6) is -23.7. The van der Waals surface area contributed by atoms with Crippen LogP contribution in [0.4, 0.5) is 39.5 Å². The number of halogens is 9. The Hall–Kier alpha value is -0.790. The summed E-state index contributed by atoms with van der Waals surface area (Å²) < 4.78 is 123. The quantitative estimate of drug-likeness (QED) is 0.510. The second-order valence-electron chi connectivity index (χ2n) is 5.71. The highest BCUT2D eigenvalue weighted by atomic mass is 19.3. The number of rotatable bonds is 1. The highest BCUT2D eigenvalue weighted by Crippen LogP contribution is 2.70. The zero-order valence-corrected chi connectivity index (χ0v) is 10.7. The molecule has 0 aromatic heterocycles. The molecule has 5 atom stereocenters. The number of aliphatic hydroxyl groups is 4. The number of hydrogen-bond acceptors (Lipinski definition) is 4. The molecule has 2 aliphatic carbocycles. The summed E-state index contributed by atoms with van der Waals surface area (Å²) in [5.41, 5.74) is -16.3. The van der Waals surface area contributed by atoms with Gasteiger partial charge in [-0.05, 0) is 0 Å². The lowest BCUT2D eigenvalue weighted by molar-refractivity contribution is -0.510. The fourth-order valence-electron chi connectivity index (χ4n) is 3.01. The third-order valence-electron chi connectivity index (χ3n) is 4.50. The minimum Gasteiger partial charge on any atom is -0.378 e. The van der Waals surface area contributed by atoms with Crippen molar-refractivity contribution in [2.75, 3.05) is 6.67 Å². The highest BCUT2D eigenvalue weighted by Gasteiger charge is 2.99. The van der Waals surface area contributed by atoms with Crippen LogP contribution in [-0.4, -0.2) is 73.7 Å². The van der Waals surface area contributed by atoms with Crippen molar-refractivity contribution in [2.24, 2.45) is 0 Å². The molecule has 0 amide bonds. The zero-order valence-electron chi connectivity index (χ0n) is 10.7. The van der Waals surface area contributed by atoms with Crippen molar-refractivity contribution in [2.45, 2.75) is 53.0 Å². The van der Waals surface area contributed by atoms with Crippen molar-refractivity contribution in [1.29, 1.82) is 0 Å². The van der Waals surface area contributed by atoms with Gasteiger partial charge in [-0.3, -0.25) is 0 Å². The average molecular weight is 364 g/mol. The molecule has 0 aromatic carbocycles. The molecule has 0 spiro atoms. The van der Waals surface area contributed by atoms with E-state index in [1.807, 2.05) is 0 Å². The van der Waals surface area contributed by atoms with E-state index in [4.69, 9.17) is 5.11 Å². The third-order valence-corrected chi connectivity index (χ3v) is 4.50. The Labute approximate surface area is 121 Å². The summed E-state index contributed by atoms with van der Waals surface area (Å²) in [6.07, 6.45) is -8.01. The van der Waals surface area contributed by atoms with E-state index >= 15 is 0 Å². The number of hydrogen-bond donors (Lipinski definition) is 4. The van der Waals surface area contributed by atoms with Crippen LogP contribution >= 0.6 is 0 Å². The smallest absolute Gasteiger partial charge is 0.342 e. The van der Waals surface area contributed by atoms with Crippen LogP contribution in [0, 0.1) is 0 Å². The molecule has 2 fully saturated rings. The largest absolute Gasteiger partial charge is 0.378 e. The number of alkyl halides is 9. The summed E-state index contributed by atoms with van der Waals surface area (Å²) in [6, 6.07) is 0. The van der Waals surface area contributed by atoms with Gasteiger partial charge in [-0.1, -0.05) is 0 Å². The molecule has 4 N–H and O–H groups in total. The van der Waals surface area contributed by atoms with Crippen molar-refractivity contribution in [3.8, 4) is 0 Å². The second kappa shape index (κ2) is 4.06.